The fraction of sp³-hybridized carbons (Fsp3) is 0.0370. The van der Waals surface area contributed by atoms with E-state index < -0.39 is 0 Å². The van der Waals surface area contributed by atoms with E-state index in [1.807, 2.05) is 24.3 Å². The van der Waals surface area contributed by atoms with E-state index in [0.29, 0.717) is 5.84 Å². The van der Waals surface area contributed by atoms with E-state index in [1.54, 1.807) is 0 Å². The standard InChI is InChI=1S/C54H37N3O/c1-4-15-36(16-5-1)47-25-14-26-48(56-54(55-47)37-17-6-2-7-18-37)41-20-12-19-40(33-41)43-24-13-28-52-53(43)46-35-39(30-32-51(46)58-52)38-29-31-50-45(34-38)44-23-10-11-27-49(44)57(50)42-21-8-3-9-22-42/h1-13,15-24,26-35H,14,25H2/b48-26-,55-47+,56-54-. The minimum atomic E-state index is 0.717. The first-order valence-electron chi connectivity index (χ1n) is 19.9. The van der Waals surface area contributed by atoms with Crippen LogP contribution in [0.15, 0.2) is 215 Å². The first kappa shape index (κ1) is 33.8. The van der Waals surface area contributed by atoms with Crippen LogP contribution in [0.5, 0.6) is 0 Å². The lowest BCUT2D eigenvalue weighted by molar-refractivity contribution is 0.669. The molecule has 0 bridgehead atoms. The van der Waals surface area contributed by atoms with E-state index in [2.05, 4.69) is 181 Å². The lowest BCUT2D eigenvalue weighted by Crippen LogP contribution is -2.09. The number of nitrogens with zero attached hydrogens (tertiary/aromatic N) is 3. The predicted molar refractivity (Wildman–Crippen MR) is 242 cm³/mol. The fourth-order valence-corrected chi connectivity index (χ4v) is 8.55. The van der Waals surface area contributed by atoms with Gasteiger partial charge in [-0.25, -0.2) is 9.98 Å². The number of benzene rings is 8. The molecule has 8 aromatic carbocycles. The number of allylic oxidation sites excluding steroid dienone is 1. The second-order valence-corrected chi connectivity index (χ2v) is 14.8. The molecule has 0 amide bonds. The summed E-state index contributed by atoms with van der Waals surface area (Å²) in [6, 6.07) is 68.5. The maximum absolute atomic E-state index is 6.52. The minimum absolute atomic E-state index is 0.717. The van der Waals surface area contributed by atoms with E-state index in [0.717, 1.165) is 85.3 Å². The van der Waals surface area contributed by atoms with Crippen LogP contribution >= 0.6 is 0 Å². The molecule has 274 valence electrons. The molecule has 58 heavy (non-hydrogen) atoms. The third kappa shape index (κ3) is 5.94. The number of para-hydroxylation sites is 2. The van der Waals surface area contributed by atoms with Crippen LogP contribution in [0.1, 0.15) is 29.5 Å². The zero-order valence-corrected chi connectivity index (χ0v) is 31.7. The molecule has 0 aliphatic carbocycles. The van der Waals surface area contributed by atoms with E-state index >= 15 is 0 Å². The predicted octanol–water partition coefficient (Wildman–Crippen LogP) is 14.1. The van der Waals surface area contributed by atoms with Crippen molar-refractivity contribution in [1.29, 1.82) is 0 Å². The number of hydrogen-bond donors (Lipinski definition) is 0. The Kier molecular flexibility index (Phi) is 8.25. The Morgan fingerprint density at radius 2 is 1.09 bits per heavy atom. The first-order chi connectivity index (χ1) is 28.7. The molecule has 3 heterocycles. The summed E-state index contributed by atoms with van der Waals surface area (Å²) < 4.78 is 8.88. The summed E-state index contributed by atoms with van der Waals surface area (Å²) in [5.74, 6) is 0.717. The van der Waals surface area contributed by atoms with Crippen molar-refractivity contribution >= 4 is 61.0 Å². The van der Waals surface area contributed by atoms with Gasteiger partial charge in [-0.3, -0.25) is 0 Å². The van der Waals surface area contributed by atoms with Crippen molar-refractivity contribution in [2.24, 2.45) is 9.98 Å². The van der Waals surface area contributed by atoms with Gasteiger partial charge in [0.25, 0.3) is 0 Å². The largest absolute Gasteiger partial charge is 0.456 e. The van der Waals surface area contributed by atoms with Crippen LogP contribution in [-0.4, -0.2) is 16.1 Å². The molecule has 0 saturated carbocycles. The molecular formula is C54H37N3O. The zero-order chi connectivity index (χ0) is 38.4. The highest BCUT2D eigenvalue weighted by Crippen LogP contribution is 2.41. The second kappa shape index (κ2) is 14.2. The molecule has 0 saturated heterocycles. The van der Waals surface area contributed by atoms with Crippen LogP contribution in [-0.2, 0) is 0 Å². The quantitative estimate of drug-likeness (QED) is 0.167. The molecule has 0 fully saturated rings. The third-order valence-electron chi connectivity index (χ3n) is 11.3. The van der Waals surface area contributed by atoms with Crippen molar-refractivity contribution in [3.63, 3.8) is 0 Å². The first-order valence-corrected chi connectivity index (χ1v) is 19.9. The third-order valence-corrected chi connectivity index (χ3v) is 11.3. The lowest BCUT2D eigenvalue weighted by atomic mass is 9.95. The van der Waals surface area contributed by atoms with E-state index in [9.17, 15) is 0 Å². The average Bonchev–Trinajstić information content (AvgIpc) is 3.83. The number of hydrogen-bond acceptors (Lipinski definition) is 3. The summed E-state index contributed by atoms with van der Waals surface area (Å²) in [6.45, 7) is 0. The maximum atomic E-state index is 6.52. The van der Waals surface area contributed by atoms with Crippen LogP contribution in [0.2, 0.25) is 0 Å². The summed E-state index contributed by atoms with van der Waals surface area (Å²) in [5.41, 5.74) is 15.0. The summed E-state index contributed by atoms with van der Waals surface area (Å²) in [7, 11) is 0. The van der Waals surface area contributed by atoms with Gasteiger partial charge in [-0.1, -0.05) is 146 Å². The summed E-state index contributed by atoms with van der Waals surface area (Å²) in [4.78, 5) is 10.5. The number of fused-ring (bicyclic) bond motifs is 6. The van der Waals surface area contributed by atoms with E-state index in [1.165, 1.54) is 27.4 Å². The number of aliphatic imine (C=N–C) groups is 2. The molecule has 11 rings (SSSR count). The lowest BCUT2D eigenvalue weighted by Gasteiger charge is -2.14. The van der Waals surface area contributed by atoms with Gasteiger partial charge in [-0.2, -0.15) is 0 Å². The van der Waals surface area contributed by atoms with Crippen molar-refractivity contribution in [3.8, 4) is 27.9 Å². The van der Waals surface area contributed by atoms with Gasteiger partial charge in [-0.05, 0) is 95.3 Å². The van der Waals surface area contributed by atoms with Crippen LogP contribution < -0.4 is 0 Å². The molecule has 0 spiro atoms. The molecule has 1 aliphatic rings. The van der Waals surface area contributed by atoms with Crippen LogP contribution in [0.4, 0.5) is 0 Å². The van der Waals surface area contributed by atoms with E-state index in [4.69, 9.17) is 14.4 Å². The number of amidine groups is 1. The van der Waals surface area contributed by atoms with Gasteiger partial charge in [0.15, 0.2) is 5.84 Å². The van der Waals surface area contributed by atoms with E-state index in [-0.39, 0.29) is 0 Å². The van der Waals surface area contributed by atoms with Gasteiger partial charge in [0.2, 0.25) is 0 Å². The Labute approximate surface area is 336 Å². The molecule has 10 aromatic rings. The summed E-state index contributed by atoms with van der Waals surface area (Å²) in [6.07, 6.45) is 3.92. The van der Waals surface area contributed by atoms with Gasteiger partial charge >= 0.3 is 0 Å². The smallest absolute Gasteiger partial charge is 0.160 e. The average molecular weight is 744 g/mol. The Bertz CT molecular complexity index is 3260. The highest BCUT2D eigenvalue weighted by atomic mass is 16.3. The normalized spacial score (nSPS) is 16.0. The number of aromatic nitrogens is 1. The Hall–Kier alpha value is -7.56. The molecule has 0 atom stereocenters. The molecule has 2 aromatic heterocycles. The topological polar surface area (TPSA) is 42.8 Å². The second-order valence-electron chi connectivity index (χ2n) is 14.8. The number of rotatable bonds is 6. The molecule has 0 N–H and O–H groups in total. The van der Waals surface area contributed by atoms with Crippen molar-refractivity contribution in [2.75, 3.05) is 0 Å². The highest BCUT2D eigenvalue weighted by molar-refractivity contribution is 6.16. The Morgan fingerprint density at radius 1 is 0.431 bits per heavy atom. The maximum Gasteiger partial charge on any atom is 0.160 e. The molecule has 4 heteroatoms. The summed E-state index contributed by atoms with van der Waals surface area (Å²) in [5, 5.41) is 4.67. The molecular weight excluding hydrogens is 707 g/mol. The number of furan rings is 1. The monoisotopic (exact) mass is 743 g/mol. The van der Waals surface area contributed by atoms with Crippen LogP contribution in [0.25, 0.3) is 77.4 Å². The van der Waals surface area contributed by atoms with Crippen molar-refractivity contribution in [2.45, 2.75) is 12.8 Å². The molecule has 0 radical (unpaired) electrons. The van der Waals surface area contributed by atoms with Crippen molar-refractivity contribution in [1.82, 2.24) is 4.57 Å². The Balaban J connectivity index is 1.01. The van der Waals surface area contributed by atoms with Crippen LogP contribution in [0.3, 0.4) is 0 Å². The Morgan fingerprint density at radius 3 is 1.91 bits per heavy atom. The molecule has 0 unspecified atom stereocenters. The summed E-state index contributed by atoms with van der Waals surface area (Å²) >= 11 is 0. The van der Waals surface area contributed by atoms with Gasteiger partial charge in [0, 0.05) is 38.4 Å². The van der Waals surface area contributed by atoms with Crippen molar-refractivity contribution < 1.29 is 4.42 Å². The SMILES string of the molecule is C1=C(c2cccc(-c3cccc4oc5ccc(-c6ccc7c(c6)c6ccccc6n7-c6ccccc6)cc5c34)c2)/N=C(c2ccccc2)\N=C(\c2ccccc2)CC\1. The van der Waals surface area contributed by atoms with Gasteiger partial charge in [0.1, 0.15) is 11.2 Å². The van der Waals surface area contributed by atoms with Crippen LogP contribution in [0, 0.1) is 0 Å². The minimum Gasteiger partial charge on any atom is -0.456 e. The fourth-order valence-electron chi connectivity index (χ4n) is 8.55. The van der Waals surface area contributed by atoms with Gasteiger partial charge in [-0.15, -0.1) is 0 Å². The molecule has 4 nitrogen and oxygen atoms in total. The molecule has 1 aliphatic heterocycles. The van der Waals surface area contributed by atoms with Gasteiger partial charge < -0.3 is 8.98 Å². The van der Waals surface area contributed by atoms with Crippen molar-refractivity contribution in [3.05, 3.63) is 217 Å². The highest BCUT2D eigenvalue weighted by Gasteiger charge is 2.18. The van der Waals surface area contributed by atoms with Gasteiger partial charge in [0.05, 0.1) is 22.4 Å². The zero-order valence-electron chi connectivity index (χ0n) is 31.7.